The first-order chi connectivity index (χ1) is 35.5. The van der Waals surface area contributed by atoms with Crippen molar-refractivity contribution in [1.82, 2.24) is 0 Å². The minimum atomic E-state index is -0.777. The molecule has 0 bridgehead atoms. The molecule has 6 heteroatoms. The summed E-state index contributed by atoms with van der Waals surface area (Å²) in [4.78, 5) is 38.3. The lowest BCUT2D eigenvalue weighted by Gasteiger charge is -2.18. The fraction of sp³-hybridized carbons (Fsp3) is 0.803. The summed E-state index contributed by atoms with van der Waals surface area (Å²) in [6.07, 6.45) is 76.4. The largest absolute Gasteiger partial charge is 0.462 e. The minimum absolute atomic E-state index is 0.0757. The zero-order valence-corrected chi connectivity index (χ0v) is 47.9. The fourth-order valence-electron chi connectivity index (χ4n) is 9.08. The maximum absolute atomic E-state index is 12.9. The molecule has 0 aromatic heterocycles. The van der Waals surface area contributed by atoms with E-state index in [1.807, 2.05) is 0 Å². The van der Waals surface area contributed by atoms with Crippen LogP contribution in [-0.2, 0) is 28.6 Å². The van der Waals surface area contributed by atoms with E-state index in [0.29, 0.717) is 19.3 Å². The molecule has 1 unspecified atom stereocenters. The summed E-state index contributed by atoms with van der Waals surface area (Å²) in [6.45, 7) is 6.56. The first kappa shape index (κ1) is 69.1. The molecule has 0 aliphatic carbocycles. The van der Waals surface area contributed by atoms with Crippen LogP contribution in [0.2, 0.25) is 0 Å². The molecule has 0 aromatic carbocycles. The van der Waals surface area contributed by atoms with E-state index >= 15 is 0 Å². The number of hydrogen-bond acceptors (Lipinski definition) is 6. The molecule has 0 fully saturated rings. The average molecular weight is 1010 g/mol. The number of ether oxygens (including phenoxy) is 3. The smallest absolute Gasteiger partial charge is 0.306 e. The van der Waals surface area contributed by atoms with Crippen molar-refractivity contribution in [3.8, 4) is 0 Å². The van der Waals surface area contributed by atoms with E-state index in [1.54, 1.807) is 0 Å². The molecule has 0 aliphatic heterocycles. The minimum Gasteiger partial charge on any atom is -0.462 e. The van der Waals surface area contributed by atoms with Gasteiger partial charge in [0.05, 0.1) is 0 Å². The molecule has 0 amide bonds. The lowest BCUT2D eigenvalue weighted by Crippen LogP contribution is -2.30. The van der Waals surface area contributed by atoms with Crippen molar-refractivity contribution < 1.29 is 28.6 Å². The summed E-state index contributed by atoms with van der Waals surface area (Å²) >= 11 is 0. The van der Waals surface area contributed by atoms with Crippen LogP contribution in [0.15, 0.2) is 60.8 Å². The van der Waals surface area contributed by atoms with E-state index in [4.69, 9.17) is 14.2 Å². The summed E-state index contributed by atoms with van der Waals surface area (Å²) in [5, 5.41) is 0. The molecule has 0 saturated carbocycles. The van der Waals surface area contributed by atoms with Crippen LogP contribution in [0.25, 0.3) is 0 Å². The van der Waals surface area contributed by atoms with E-state index in [2.05, 4.69) is 81.5 Å². The number of hydrogen-bond donors (Lipinski definition) is 0. The molecule has 0 aromatic rings. The highest BCUT2D eigenvalue weighted by Crippen LogP contribution is 2.17. The Kier molecular flexibility index (Phi) is 58.2. The topological polar surface area (TPSA) is 78.9 Å². The number of carbonyl (C=O) groups excluding carboxylic acids is 3. The molecule has 0 radical (unpaired) electrons. The Labute approximate surface area is 447 Å². The van der Waals surface area contributed by atoms with Crippen LogP contribution in [0.1, 0.15) is 323 Å². The van der Waals surface area contributed by atoms with Gasteiger partial charge in [0.25, 0.3) is 0 Å². The van der Waals surface area contributed by atoms with Gasteiger partial charge in [0.1, 0.15) is 13.2 Å². The Morgan fingerprint density at radius 2 is 0.542 bits per heavy atom. The van der Waals surface area contributed by atoms with Crippen molar-refractivity contribution in [3.05, 3.63) is 60.8 Å². The van der Waals surface area contributed by atoms with Crippen molar-refractivity contribution in [2.45, 2.75) is 329 Å². The van der Waals surface area contributed by atoms with Crippen LogP contribution in [0.5, 0.6) is 0 Å². The van der Waals surface area contributed by atoms with Crippen LogP contribution in [0, 0.1) is 0 Å². The van der Waals surface area contributed by atoms with Gasteiger partial charge in [-0.2, -0.15) is 0 Å². The van der Waals surface area contributed by atoms with Gasteiger partial charge in [-0.3, -0.25) is 14.4 Å². The van der Waals surface area contributed by atoms with Crippen LogP contribution in [-0.4, -0.2) is 37.2 Å². The Hall–Kier alpha value is -2.89. The molecule has 72 heavy (non-hydrogen) atoms. The van der Waals surface area contributed by atoms with Crippen LogP contribution in [0.4, 0.5) is 0 Å². The highest BCUT2D eigenvalue weighted by molar-refractivity contribution is 5.71. The van der Waals surface area contributed by atoms with Crippen molar-refractivity contribution in [2.75, 3.05) is 13.2 Å². The van der Waals surface area contributed by atoms with E-state index in [1.165, 1.54) is 193 Å². The SMILES string of the molecule is CC/C=C\C/C=C\C/C=C\C/C=C\CCCCCCCCCCCCC(=O)OCC(COC(=O)CCCCCCC/C=C\CCCCCCCC)OC(=O)CCCCCCCCCCCCCCCCCC. The van der Waals surface area contributed by atoms with Gasteiger partial charge in [-0.15, -0.1) is 0 Å². The Balaban J connectivity index is 4.32. The maximum Gasteiger partial charge on any atom is 0.306 e. The predicted octanol–water partition coefficient (Wildman–Crippen LogP) is 21.2. The third kappa shape index (κ3) is 58.0. The molecule has 6 nitrogen and oxygen atoms in total. The zero-order chi connectivity index (χ0) is 52.2. The number of rotatable bonds is 57. The summed E-state index contributed by atoms with van der Waals surface area (Å²) in [5.41, 5.74) is 0. The number of allylic oxidation sites excluding steroid dienone is 10. The van der Waals surface area contributed by atoms with Crippen LogP contribution < -0.4 is 0 Å². The number of carbonyl (C=O) groups is 3. The second kappa shape index (κ2) is 60.7. The molecule has 0 aliphatic rings. The van der Waals surface area contributed by atoms with E-state index < -0.39 is 6.10 Å². The average Bonchev–Trinajstić information content (AvgIpc) is 3.38. The molecular weight excluding hydrogens is 889 g/mol. The normalized spacial score (nSPS) is 12.4. The van der Waals surface area contributed by atoms with Crippen molar-refractivity contribution in [2.24, 2.45) is 0 Å². The van der Waals surface area contributed by atoms with Gasteiger partial charge in [0.2, 0.25) is 0 Å². The molecule has 1 atom stereocenters. The van der Waals surface area contributed by atoms with Gasteiger partial charge >= 0.3 is 17.9 Å². The second-order valence-electron chi connectivity index (χ2n) is 20.9. The summed E-state index contributed by atoms with van der Waals surface area (Å²) in [6, 6.07) is 0. The summed E-state index contributed by atoms with van der Waals surface area (Å²) in [7, 11) is 0. The van der Waals surface area contributed by atoms with Crippen LogP contribution in [0.3, 0.4) is 0 Å². The number of esters is 3. The van der Waals surface area contributed by atoms with Crippen molar-refractivity contribution in [3.63, 3.8) is 0 Å². The first-order valence-electron chi connectivity index (χ1n) is 31.3. The Bertz CT molecular complexity index is 1290. The fourth-order valence-corrected chi connectivity index (χ4v) is 9.08. The monoisotopic (exact) mass is 1010 g/mol. The maximum atomic E-state index is 12.9. The molecular formula is C66H118O6. The number of unbranched alkanes of at least 4 members (excludes halogenated alkanes) is 36. The summed E-state index contributed by atoms with van der Waals surface area (Å²) in [5.74, 6) is -0.870. The van der Waals surface area contributed by atoms with E-state index in [-0.39, 0.29) is 31.1 Å². The molecule has 0 saturated heterocycles. The highest BCUT2D eigenvalue weighted by atomic mass is 16.6. The van der Waals surface area contributed by atoms with Crippen molar-refractivity contribution >= 4 is 17.9 Å². The highest BCUT2D eigenvalue weighted by Gasteiger charge is 2.19. The third-order valence-electron chi connectivity index (χ3n) is 13.8. The van der Waals surface area contributed by atoms with Crippen LogP contribution >= 0.6 is 0 Å². The quantitative estimate of drug-likeness (QED) is 0.0261. The van der Waals surface area contributed by atoms with Gasteiger partial charge in [-0.05, 0) is 83.5 Å². The van der Waals surface area contributed by atoms with Gasteiger partial charge in [-0.1, -0.05) is 281 Å². The second-order valence-corrected chi connectivity index (χ2v) is 20.9. The van der Waals surface area contributed by atoms with Gasteiger partial charge in [-0.25, -0.2) is 0 Å². The molecule has 418 valence electrons. The Morgan fingerprint density at radius 1 is 0.292 bits per heavy atom. The van der Waals surface area contributed by atoms with Gasteiger partial charge < -0.3 is 14.2 Å². The molecule has 0 spiro atoms. The molecule has 0 heterocycles. The molecule has 0 rings (SSSR count). The zero-order valence-electron chi connectivity index (χ0n) is 47.9. The lowest BCUT2D eigenvalue weighted by molar-refractivity contribution is -0.167. The Morgan fingerprint density at radius 3 is 0.861 bits per heavy atom. The van der Waals surface area contributed by atoms with E-state index in [0.717, 1.165) is 89.9 Å². The van der Waals surface area contributed by atoms with E-state index in [9.17, 15) is 14.4 Å². The lowest BCUT2D eigenvalue weighted by atomic mass is 10.0. The standard InChI is InChI=1S/C66H118O6/c1-4-7-10-13-16-19-22-25-28-30-31-32-33-34-35-36-39-41-44-47-50-53-56-59-65(68)71-62-63(61-70-64(67)58-55-52-49-46-43-40-37-27-24-21-18-15-12-9-6-3)72-66(69)60-57-54-51-48-45-42-38-29-26-23-20-17-14-11-8-5-2/h7,10,16,19,25,27-28,31-32,37,63H,4-6,8-9,11-15,17-18,20-24,26,29-30,33-36,38-62H2,1-3H3/b10-7-,19-16-,28-25-,32-31-,37-27-. The summed E-state index contributed by atoms with van der Waals surface area (Å²) < 4.78 is 16.9. The first-order valence-corrected chi connectivity index (χ1v) is 31.3. The predicted molar refractivity (Wildman–Crippen MR) is 312 cm³/mol. The van der Waals surface area contributed by atoms with Gasteiger partial charge in [0, 0.05) is 19.3 Å². The van der Waals surface area contributed by atoms with Crippen molar-refractivity contribution in [1.29, 1.82) is 0 Å². The third-order valence-corrected chi connectivity index (χ3v) is 13.8. The molecule has 0 N–H and O–H groups in total. The van der Waals surface area contributed by atoms with Gasteiger partial charge in [0.15, 0.2) is 6.10 Å².